The molecule has 7 rings (SSSR count). The summed E-state index contributed by atoms with van der Waals surface area (Å²) in [7, 11) is 4.23. The van der Waals surface area contributed by atoms with Gasteiger partial charge in [0.2, 0.25) is 5.95 Å². The fourth-order valence-electron chi connectivity index (χ4n) is 6.03. The van der Waals surface area contributed by atoms with Crippen molar-refractivity contribution in [1.82, 2.24) is 33.8 Å². The van der Waals surface area contributed by atoms with Crippen molar-refractivity contribution in [3.05, 3.63) is 77.5 Å². The minimum Gasteiger partial charge on any atom is -0.384 e. The van der Waals surface area contributed by atoms with E-state index in [1.807, 2.05) is 7.05 Å². The summed E-state index contributed by atoms with van der Waals surface area (Å²) in [5.74, 6) is 0.832. The lowest BCUT2D eigenvalue weighted by atomic mass is 9.85. The van der Waals surface area contributed by atoms with Gasteiger partial charge in [-0.25, -0.2) is 19.3 Å². The van der Waals surface area contributed by atoms with Crippen molar-refractivity contribution in [2.75, 3.05) is 30.4 Å². The Bertz CT molecular complexity index is 1890. The first-order valence-electron chi connectivity index (χ1n) is 13.8. The number of aliphatic hydroxyl groups is 1. The summed E-state index contributed by atoms with van der Waals surface area (Å²) in [6.07, 6.45) is 5.29. The van der Waals surface area contributed by atoms with Gasteiger partial charge >= 0.3 is 0 Å². The van der Waals surface area contributed by atoms with Crippen molar-refractivity contribution in [2.24, 2.45) is 7.05 Å². The molecule has 11 nitrogen and oxygen atoms in total. The van der Waals surface area contributed by atoms with Gasteiger partial charge in [-0.1, -0.05) is 12.1 Å². The number of rotatable bonds is 7. The number of benzene rings is 1. The van der Waals surface area contributed by atoms with E-state index in [9.17, 15) is 9.90 Å². The first kappa shape index (κ1) is 25.5. The summed E-state index contributed by atoms with van der Waals surface area (Å²) < 4.78 is 5.31. The van der Waals surface area contributed by atoms with Crippen LogP contribution in [-0.2, 0) is 19.2 Å². The zero-order valence-corrected chi connectivity index (χ0v) is 23.6. The Morgan fingerprint density at radius 2 is 1.95 bits per heavy atom. The molecule has 2 aliphatic heterocycles. The third-order valence-corrected chi connectivity index (χ3v) is 8.37. The van der Waals surface area contributed by atoms with Gasteiger partial charge in [0.05, 0.1) is 23.8 Å². The summed E-state index contributed by atoms with van der Waals surface area (Å²) in [6, 6.07) is 12.9. The SMILES string of the molecule is C=CCn1c(=O)c2cnc(Nc3cc(N4CC5[C@H]4CN5C)c4ccn(C)c4c3)nc2n1-c1cccc(C(C)(C)O)n1. The fourth-order valence-corrected chi connectivity index (χ4v) is 6.03. The molecule has 0 saturated carbocycles. The van der Waals surface area contributed by atoms with Crippen molar-refractivity contribution in [1.29, 1.82) is 0 Å². The number of likely N-dealkylation sites (tertiary alicyclic amines) is 1. The predicted octanol–water partition coefficient (Wildman–Crippen LogP) is 3.13. The standard InChI is InChI=1S/C30H33N9O2/c1-6-11-38-28(40)20-15-31-29(34-27(20)39(38)26-9-7-8-25(33-26)30(2,3)41)32-18-13-21-19(10-12-35(21)4)22(14-18)37-17-23-24(37)16-36(23)5/h6-10,12-15,23-24,41H,1,11,16-17H2,2-5H3,(H,31,32,34)/t23?,24-/m1/s1. The van der Waals surface area contributed by atoms with Crippen LogP contribution in [0.5, 0.6) is 0 Å². The number of fused-ring (bicyclic) bond motifs is 3. The van der Waals surface area contributed by atoms with Crippen molar-refractivity contribution >= 4 is 39.3 Å². The summed E-state index contributed by atoms with van der Waals surface area (Å²) >= 11 is 0. The second kappa shape index (κ2) is 9.02. The monoisotopic (exact) mass is 551 g/mol. The molecule has 2 N–H and O–H groups in total. The predicted molar refractivity (Wildman–Crippen MR) is 160 cm³/mol. The Morgan fingerprint density at radius 3 is 2.66 bits per heavy atom. The summed E-state index contributed by atoms with van der Waals surface area (Å²) in [6.45, 7) is 9.51. The van der Waals surface area contributed by atoms with Crippen LogP contribution >= 0.6 is 0 Å². The average molecular weight is 552 g/mol. The molecule has 5 aromatic rings. The van der Waals surface area contributed by atoms with Gasteiger partial charge in [0.1, 0.15) is 11.0 Å². The highest BCUT2D eigenvalue weighted by Crippen LogP contribution is 2.41. The lowest BCUT2D eigenvalue weighted by Crippen LogP contribution is -2.78. The number of likely N-dealkylation sites (N-methyl/N-ethyl adjacent to an activating group) is 1. The van der Waals surface area contributed by atoms with Crippen molar-refractivity contribution in [3.8, 4) is 5.82 Å². The summed E-state index contributed by atoms with van der Waals surface area (Å²) in [5, 5.41) is 15.6. The van der Waals surface area contributed by atoms with Crippen LogP contribution in [0.4, 0.5) is 17.3 Å². The molecule has 0 amide bonds. The first-order valence-corrected chi connectivity index (χ1v) is 13.8. The number of nitrogens with one attached hydrogen (secondary N) is 1. The second-order valence-electron chi connectivity index (χ2n) is 11.6. The molecule has 2 fully saturated rings. The fraction of sp³-hybridized carbons (Fsp3) is 0.333. The largest absolute Gasteiger partial charge is 0.384 e. The molecule has 4 aromatic heterocycles. The minimum absolute atomic E-state index is 0.243. The third-order valence-electron chi connectivity index (χ3n) is 8.37. The summed E-state index contributed by atoms with van der Waals surface area (Å²) in [4.78, 5) is 32.2. The van der Waals surface area contributed by atoms with Crippen molar-refractivity contribution < 1.29 is 5.11 Å². The van der Waals surface area contributed by atoms with Crippen LogP contribution in [0.2, 0.25) is 0 Å². The van der Waals surface area contributed by atoms with E-state index in [1.54, 1.807) is 49.0 Å². The molecule has 2 atom stereocenters. The zero-order chi connectivity index (χ0) is 28.6. The Hall–Kier alpha value is -4.48. The van der Waals surface area contributed by atoms with Gasteiger partial charge in [0, 0.05) is 55.3 Å². The number of hydrogen-bond donors (Lipinski definition) is 2. The molecule has 2 saturated heterocycles. The number of pyridine rings is 1. The molecular weight excluding hydrogens is 518 g/mol. The number of piperazine rings is 1. The van der Waals surface area contributed by atoms with Gasteiger partial charge in [0.15, 0.2) is 11.5 Å². The van der Waals surface area contributed by atoms with E-state index in [0.717, 1.165) is 24.3 Å². The van der Waals surface area contributed by atoms with E-state index in [2.05, 4.69) is 67.7 Å². The number of nitrogens with zero attached hydrogens (tertiary/aromatic N) is 8. The van der Waals surface area contributed by atoms with Crippen molar-refractivity contribution in [2.45, 2.75) is 38.1 Å². The molecule has 1 unspecified atom stereocenters. The molecule has 1 aromatic carbocycles. The normalized spacial score (nSPS) is 18.8. The van der Waals surface area contributed by atoms with Crippen LogP contribution in [0.15, 0.2) is 66.2 Å². The molecule has 0 aliphatic carbocycles. The zero-order valence-electron chi connectivity index (χ0n) is 23.6. The molecule has 2 aliphatic rings. The van der Waals surface area contributed by atoms with E-state index in [1.165, 1.54) is 15.8 Å². The number of hydrogen-bond acceptors (Lipinski definition) is 8. The maximum absolute atomic E-state index is 13.4. The van der Waals surface area contributed by atoms with Crippen LogP contribution in [-0.4, -0.2) is 71.1 Å². The molecule has 11 heteroatoms. The van der Waals surface area contributed by atoms with Crippen LogP contribution in [0.3, 0.4) is 0 Å². The van der Waals surface area contributed by atoms with Gasteiger partial charge in [-0.05, 0) is 51.2 Å². The number of anilines is 3. The maximum Gasteiger partial charge on any atom is 0.278 e. The van der Waals surface area contributed by atoms with E-state index < -0.39 is 5.60 Å². The van der Waals surface area contributed by atoms with Crippen LogP contribution in [0, 0.1) is 0 Å². The topological polar surface area (TPSA) is 109 Å². The summed E-state index contributed by atoms with van der Waals surface area (Å²) in [5.41, 5.74) is 2.68. The number of aromatic nitrogens is 6. The van der Waals surface area contributed by atoms with E-state index >= 15 is 0 Å². The molecule has 0 spiro atoms. The lowest BCUT2D eigenvalue weighted by molar-refractivity contribution is 0.0371. The van der Waals surface area contributed by atoms with Gasteiger partial charge in [-0.15, -0.1) is 6.58 Å². The average Bonchev–Trinajstić information content (AvgIpc) is 3.43. The lowest BCUT2D eigenvalue weighted by Gasteiger charge is -2.62. The molecule has 0 radical (unpaired) electrons. The third kappa shape index (κ3) is 3.95. The minimum atomic E-state index is -1.15. The quantitative estimate of drug-likeness (QED) is 0.297. The highest BCUT2D eigenvalue weighted by atomic mass is 16.3. The Balaban J connectivity index is 1.32. The molecule has 210 valence electrons. The number of allylic oxidation sites excluding steroid dienone is 1. The van der Waals surface area contributed by atoms with Gasteiger partial charge in [-0.2, -0.15) is 4.98 Å². The Morgan fingerprint density at radius 1 is 1.12 bits per heavy atom. The van der Waals surface area contributed by atoms with Crippen LogP contribution in [0.25, 0.3) is 27.8 Å². The van der Waals surface area contributed by atoms with Crippen molar-refractivity contribution in [3.63, 3.8) is 0 Å². The van der Waals surface area contributed by atoms with Crippen LogP contribution < -0.4 is 15.8 Å². The van der Waals surface area contributed by atoms with Gasteiger partial charge < -0.3 is 19.9 Å². The Labute approximate surface area is 237 Å². The smallest absolute Gasteiger partial charge is 0.278 e. The van der Waals surface area contributed by atoms with Crippen LogP contribution in [0.1, 0.15) is 19.5 Å². The molecule has 6 heterocycles. The maximum atomic E-state index is 13.4. The van der Waals surface area contributed by atoms with E-state index in [0.29, 0.717) is 40.6 Å². The highest BCUT2D eigenvalue weighted by molar-refractivity contribution is 5.97. The van der Waals surface area contributed by atoms with Gasteiger partial charge in [-0.3, -0.25) is 9.69 Å². The van der Waals surface area contributed by atoms with Gasteiger partial charge in [0.25, 0.3) is 5.56 Å². The highest BCUT2D eigenvalue weighted by Gasteiger charge is 2.50. The second-order valence-corrected chi connectivity index (χ2v) is 11.6. The first-order chi connectivity index (χ1) is 19.6. The van der Waals surface area contributed by atoms with E-state index in [4.69, 9.17) is 4.98 Å². The molecular formula is C30H33N9O2. The molecule has 41 heavy (non-hydrogen) atoms. The van der Waals surface area contributed by atoms with E-state index in [-0.39, 0.29) is 12.1 Å². The number of aryl methyl sites for hydroxylation is 1. The molecule has 0 bridgehead atoms. The Kier molecular flexibility index (Phi) is 5.60.